The van der Waals surface area contributed by atoms with E-state index < -0.39 is 29.9 Å². The Labute approximate surface area is 370 Å². The first kappa shape index (κ1) is 45.3. The summed E-state index contributed by atoms with van der Waals surface area (Å²) in [7, 11) is 0. The molecule has 63 heavy (non-hydrogen) atoms. The van der Waals surface area contributed by atoms with Gasteiger partial charge in [-0.1, -0.05) is 103 Å². The molecular weight excluding hydrogens is 799 g/mol. The van der Waals surface area contributed by atoms with E-state index in [9.17, 15) is 19.8 Å². The Bertz CT molecular complexity index is 2240. The second-order valence-corrected chi connectivity index (χ2v) is 16.4. The van der Waals surface area contributed by atoms with Gasteiger partial charge in [-0.3, -0.25) is 4.90 Å². The SMILES string of the molecule is C=CCO[C@@]12Oc3ccc(OC(=O)NCC)cc3[C@H]3[C@H](CCCCO)[C@@H](CCCCO)C=C(C(=NOCc4ccccc4)C[C@@H]1N(Cc1cccc4ccccc14)C(=O)OCC)[C@H]32. The number of carbonyl (C=O) groups excluding carboxylic acids is 2. The average molecular weight is 860 g/mol. The summed E-state index contributed by atoms with van der Waals surface area (Å²) in [5.74, 6) is -1.45. The van der Waals surface area contributed by atoms with Crippen LogP contribution in [0, 0.1) is 17.8 Å². The molecule has 334 valence electrons. The highest BCUT2D eigenvalue weighted by atomic mass is 16.7. The third kappa shape index (κ3) is 10.1. The lowest BCUT2D eigenvalue weighted by atomic mass is 9.55. The van der Waals surface area contributed by atoms with E-state index in [1.807, 2.05) is 73.7 Å². The number of allylic oxidation sites excluding steroid dienone is 1. The lowest BCUT2D eigenvalue weighted by Crippen LogP contribution is -2.70. The standard InChI is InChI=1S/C51H61N3O9/c1-4-29-60-51-46(54(50(58)59-6-3)33-38-22-16-21-36-19-10-11-23-40(36)38)32-44(53-61-34-35-17-8-7-9-18-35)42-30-37(20-12-14-27-55)41(24-13-15-28-56)47(48(42)51)43-31-39(25-26-45(43)63-51)62-49(57)52-5-2/h4,7-11,16-19,21-23,25-26,30-31,37,41,46-48,55-56H,1,5-6,12-15,20,24,27-29,32-34H2,2-3H3,(H,52,57)/t37-,41+,46-,47+,48+,51+/m0/s1. The Morgan fingerprint density at radius 2 is 1.71 bits per heavy atom. The van der Waals surface area contributed by atoms with Crippen molar-refractivity contribution >= 4 is 28.7 Å². The lowest BCUT2D eigenvalue weighted by Gasteiger charge is -2.59. The molecule has 6 atom stereocenters. The Kier molecular flexibility index (Phi) is 15.5. The van der Waals surface area contributed by atoms with Gasteiger partial charge in [0.25, 0.3) is 0 Å². The second kappa shape index (κ2) is 21.6. The van der Waals surface area contributed by atoms with Gasteiger partial charge in [0, 0.05) is 37.7 Å². The van der Waals surface area contributed by atoms with Gasteiger partial charge >= 0.3 is 12.2 Å². The molecule has 0 unspecified atom stereocenters. The maximum atomic E-state index is 14.7. The molecule has 0 radical (unpaired) electrons. The van der Waals surface area contributed by atoms with Crippen molar-refractivity contribution in [1.29, 1.82) is 0 Å². The highest BCUT2D eigenvalue weighted by Gasteiger charge is 2.65. The quantitative estimate of drug-likeness (QED) is 0.0449. The summed E-state index contributed by atoms with van der Waals surface area (Å²) in [6.45, 7) is 8.90. The molecule has 12 heteroatoms. The summed E-state index contributed by atoms with van der Waals surface area (Å²) in [5.41, 5.74) is 4.29. The Morgan fingerprint density at radius 1 is 0.952 bits per heavy atom. The zero-order valence-electron chi connectivity index (χ0n) is 36.5. The number of carbonyl (C=O) groups is 2. The fourth-order valence-electron chi connectivity index (χ4n) is 9.88. The van der Waals surface area contributed by atoms with Crippen LogP contribution in [0.5, 0.6) is 11.5 Å². The normalized spacial score (nSPS) is 22.8. The van der Waals surface area contributed by atoms with Crippen molar-refractivity contribution in [2.24, 2.45) is 22.9 Å². The first-order valence-electron chi connectivity index (χ1n) is 22.5. The lowest BCUT2D eigenvalue weighted by molar-refractivity contribution is -0.256. The minimum Gasteiger partial charge on any atom is -0.459 e. The number of ether oxygens (including phenoxy) is 4. The number of amides is 2. The zero-order valence-corrected chi connectivity index (χ0v) is 36.5. The van der Waals surface area contributed by atoms with E-state index in [0.29, 0.717) is 36.6 Å². The third-order valence-corrected chi connectivity index (χ3v) is 12.5. The highest BCUT2D eigenvalue weighted by Crippen LogP contribution is 2.62. The molecule has 1 saturated carbocycles. The number of hydrogen-bond acceptors (Lipinski definition) is 10. The topological polar surface area (TPSA) is 148 Å². The van der Waals surface area contributed by atoms with Gasteiger partial charge in [-0.05, 0) is 97.0 Å². The maximum absolute atomic E-state index is 14.7. The van der Waals surface area contributed by atoms with E-state index in [0.717, 1.165) is 58.7 Å². The molecule has 3 N–H and O–H groups in total. The van der Waals surface area contributed by atoms with Crippen LogP contribution in [0.2, 0.25) is 0 Å². The molecule has 3 aliphatic rings. The summed E-state index contributed by atoms with van der Waals surface area (Å²) in [5, 5.41) is 29.6. The fourth-order valence-corrected chi connectivity index (χ4v) is 9.88. The average Bonchev–Trinajstić information content (AvgIpc) is 3.29. The summed E-state index contributed by atoms with van der Waals surface area (Å²) in [6, 6.07) is 28.7. The van der Waals surface area contributed by atoms with E-state index in [1.165, 1.54) is 0 Å². The molecule has 0 saturated heterocycles. The first-order chi connectivity index (χ1) is 30.8. The van der Waals surface area contributed by atoms with E-state index in [2.05, 4.69) is 36.2 Å². The number of unbranched alkanes of at least 4 members (excludes halogenated alkanes) is 2. The number of rotatable bonds is 20. The highest BCUT2D eigenvalue weighted by molar-refractivity contribution is 6.03. The molecule has 0 bridgehead atoms. The van der Waals surface area contributed by atoms with Crippen LogP contribution < -0.4 is 14.8 Å². The number of benzene rings is 4. The molecule has 12 nitrogen and oxygen atoms in total. The number of aliphatic hydroxyl groups is 2. The molecule has 4 aromatic rings. The molecule has 2 amide bonds. The summed E-state index contributed by atoms with van der Waals surface area (Å²) < 4.78 is 26.2. The number of fused-ring (bicyclic) bond motifs is 3. The van der Waals surface area contributed by atoms with Crippen LogP contribution in [0.15, 0.2) is 120 Å². The van der Waals surface area contributed by atoms with Crippen molar-refractivity contribution in [3.8, 4) is 11.5 Å². The van der Waals surface area contributed by atoms with E-state index in [4.69, 9.17) is 28.9 Å². The molecule has 7 rings (SSSR count). The largest absolute Gasteiger partial charge is 0.459 e. The monoisotopic (exact) mass is 859 g/mol. The second-order valence-electron chi connectivity index (χ2n) is 16.4. The van der Waals surface area contributed by atoms with Crippen LogP contribution >= 0.6 is 0 Å². The van der Waals surface area contributed by atoms with Gasteiger partial charge in [-0.15, -0.1) is 6.58 Å². The summed E-state index contributed by atoms with van der Waals surface area (Å²) in [6.07, 6.45) is 7.49. The molecular formula is C51H61N3O9. The van der Waals surface area contributed by atoms with Crippen LogP contribution in [0.4, 0.5) is 9.59 Å². The zero-order chi connectivity index (χ0) is 44.2. The van der Waals surface area contributed by atoms with Gasteiger partial charge in [-0.25, -0.2) is 9.59 Å². The molecule has 1 heterocycles. The van der Waals surface area contributed by atoms with Crippen LogP contribution in [-0.2, 0) is 27.5 Å². The van der Waals surface area contributed by atoms with Gasteiger partial charge in [0.15, 0.2) is 0 Å². The van der Waals surface area contributed by atoms with Crippen molar-refractivity contribution in [3.63, 3.8) is 0 Å². The van der Waals surface area contributed by atoms with E-state index in [1.54, 1.807) is 24.0 Å². The molecule has 0 aromatic heterocycles. The number of aliphatic hydroxyl groups excluding tert-OH is 2. The fraction of sp³-hybridized carbons (Fsp3) is 0.431. The van der Waals surface area contributed by atoms with Crippen LogP contribution in [-0.4, -0.2) is 77.8 Å². The summed E-state index contributed by atoms with van der Waals surface area (Å²) in [4.78, 5) is 35.5. The number of nitrogens with one attached hydrogen (secondary N) is 1. The van der Waals surface area contributed by atoms with Gasteiger partial charge in [0.2, 0.25) is 5.79 Å². The van der Waals surface area contributed by atoms with Crippen molar-refractivity contribution < 1.29 is 43.6 Å². The Balaban J connectivity index is 1.47. The van der Waals surface area contributed by atoms with E-state index >= 15 is 0 Å². The van der Waals surface area contributed by atoms with Gasteiger partial charge < -0.3 is 39.3 Å². The molecule has 1 fully saturated rings. The van der Waals surface area contributed by atoms with Crippen molar-refractivity contribution in [2.75, 3.05) is 33.0 Å². The van der Waals surface area contributed by atoms with Crippen molar-refractivity contribution in [1.82, 2.24) is 10.2 Å². The smallest absolute Gasteiger partial charge is 0.412 e. The van der Waals surface area contributed by atoms with Crippen LogP contribution in [0.1, 0.15) is 81.4 Å². The predicted octanol–water partition coefficient (Wildman–Crippen LogP) is 9.44. The van der Waals surface area contributed by atoms with Crippen molar-refractivity contribution in [2.45, 2.75) is 89.7 Å². The molecule has 1 aliphatic heterocycles. The summed E-state index contributed by atoms with van der Waals surface area (Å²) >= 11 is 0. The third-order valence-electron chi connectivity index (χ3n) is 12.5. The van der Waals surface area contributed by atoms with Crippen molar-refractivity contribution in [3.05, 3.63) is 132 Å². The van der Waals surface area contributed by atoms with Crippen LogP contribution in [0.3, 0.4) is 0 Å². The minimum atomic E-state index is -1.50. The van der Waals surface area contributed by atoms with Gasteiger partial charge in [0.05, 0.1) is 31.4 Å². The Hall–Kier alpha value is -5.69. The van der Waals surface area contributed by atoms with E-state index in [-0.39, 0.29) is 63.8 Å². The number of hydrogen-bond donors (Lipinski definition) is 3. The van der Waals surface area contributed by atoms with Gasteiger partial charge in [-0.2, -0.15) is 0 Å². The predicted molar refractivity (Wildman–Crippen MR) is 242 cm³/mol. The van der Waals surface area contributed by atoms with Gasteiger partial charge in [0.1, 0.15) is 24.1 Å². The maximum Gasteiger partial charge on any atom is 0.412 e. The molecule has 2 aliphatic carbocycles. The number of nitrogens with zero attached hydrogens (tertiary/aromatic N) is 2. The first-order valence-corrected chi connectivity index (χ1v) is 22.5. The minimum absolute atomic E-state index is 0.0163. The number of oxime groups is 1. The molecule has 4 aromatic carbocycles. The Morgan fingerprint density at radius 3 is 2.48 bits per heavy atom. The molecule has 0 spiro atoms. The van der Waals surface area contributed by atoms with Crippen LogP contribution in [0.25, 0.3) is 10.8 Å².